The number of alkyl carbamates (subject to hydrolysis) is 1. The summed E-state index contributed by atoms with van der Waals surface area (Å²) in [6.45, 7) is 5.39. The van der Waals surface area contributed by atoms with Gasteiger partial charge in [0.1, 0.15) is 23.9 Å². The van der Waals surface area contributed by atoms with E-state index in [0.717, 1.165) is 22.3 Å². The Bertz CT molecular complexity index is 1390. The van der Waals surface area contributed by atoms with Crippen LogP contribution < -0.4 is 10.1 Å². The fourth-order valence-electron chi connectivity index (χ4n) is 4.75. The van der Waals surface area contributed by atoms with Gasteiger partial charge in [-0.3, -0.25) is 9.36 Å². The largest absolute Gasteiger partial charge is 0.496 e. The normalized spacial score (nSPS) is 15.0. The molecule has 3 aromatic rings. The van der Waals surface area contributed by atoms with Crippen LogP contribution in [0.1, 0.15) is 37.0 Å². The lowest BCUT2D eigenvalue weighted by Crippen LogP contribution is -2.28. The Morgan fingerprint density at radius 3 is 2.50 bits per heavy atom. The molecule has 0 radical (unpaired) electrons. The Morgan fingerprint density at radius 1 is 1.07 bits per heavy atom. The molecule has 12 heteroatoms. The van der Waals surface area contributed by atoms with Gasteiger partial charge < -0.3 is 33.1 Å². The van der Waals surface area contributed by atoms with Gasteiger partial charge in [0.05, 0.1) is 51.8 Å². The number of benzene rings is 2. The molecular weight excluding hydrogens is 561 g/mol. The van der Waals surface area contributed by atoms with Crippen molar-refractivity contribution in [3.8, 4) is 17.0 Å². The maximum atomic E-state index is 13.1. The number of ketones is 1. The second kappa shape index (κ2) is 15.1. The minimum Gasteiger partial charge on any atom is -0.496 e. The number of carbonyl (C=O) groups is 2. The van der Waals surface area contributed by atoms with E-state index in [1.807, 2.05) is 42.5 Å². The van der Waals surface area contributed by atoms with Crippen LogP contribution in [0, 0.1) is 0 Å². The number of methoxy groups -OCH3 is 1. The zero-order valence-corrected chi connectivity index (χ0v) is 25.1. The number of Topliss-reactive ketones (excluding diaryl/α,β-unsaturated/α-hetero) is 1. The molecule has 1 atom stereocenters. The number of imidazole rings is 1. The van der Waals surface area contributed by atoms with Gasteiger partial charge in [-0.2, -0.15) is 0 Å². The Morgan fingerprint density at radius 2 is 1.81 bits per heavy atom. The van der Waals surface area contributed by atoms with Gasteiger partial charge in [-0.1, -0.05) is 30.3 Å². The molecule has 4 rings (SSSR count). The molecule has 0 spiro atoms. The Hall–Kier alpha value is -3.50. The van der Waals surface area contributed by atoms with Crippen LogP contribution in [0.4, 0.5) is 4.79 Å². The van der Waals surface area contributed by atoms with Crippen LogP contribution in [-0.4, -0.2) is 61.1 Å². The Balaban J connectivity index is 1.38. The quantitative estimate of drug-likeness (QED) is 0.236. The van der Waals surface area contributed by atoms with E-state index >= 15 is 0 Å². The topological polar surface area (TPSA) is 127 Å². The van der Waals surface area contributed by atoms with Crippen LogP contribution in [-0.2, 0) is 53.6 Å². The van der Waals surface area contributed by atoms with E-state index in [2.05, 4.69) is 10.3 Å². The second-order valence-electron chi connectivity index (χ2n) is 9.83. The van der Waals surface area contributed by atoms with Crippen molar-refractivity contribution in [2.75, 3.05) is 33.5 Å². The standard InChI is InChI=1S/C30H38N3O8P/c1-4-39-42(36,40-5-2)21-33-20-31-18-28(33)27-10-9-23(16-29(27)37-3)15-25(34)14-22-7-6-8-24(13-22)17-32-30(35)41-26-11-12-38-19-26/h6-10,13,16,18,20,26H,4-5,11-12,14-15,17,19,21H2,1-3H3,(H,32,35)/t26-/m0/s1. The lowest BCUT2D eigenvalue weighted by molar-refractivity contribution is -0.117. The first-order chi connectivity index (χ1) is 20.3. The number of nitrogens with one attached hydrogen (secondary N) is 1. The highest BCUT2D eigenvalue weighted by atomic mass is 31.2. The highest BCUT2D eigenvalue weighted by Gasteiger charge is 2.26. The number of hydrogen-bond acceptors (Lipinski definition) is 9. The van der Waals surface area contributed by atoms with Gasteiger partial charge in [0, 0.05) is 31.4 Å². The van der Waals surface area contributed by atoms with Crippen molar-refractivity contribution in [2.45, 2.75) is 52.0 Å². The van der Waals surface area contributed by atoms with Crippen molar-refractivity contribution >= 4 is 19.5 Å². The maximum Gasteiger partial charge on any atom is 0.407 e. The SMILES string of the molecule is CCOP(=O)(Cn1cncc1-c1ccc(CC(=O)Cc2cccc(CNC(=O)O[C@H]3CCOC3)c2)cc1OC)OCC. The molecule has 1 aliphatic heterocycles. The predicted molar refractivity (Wildman–Crippen MR) is 156 cm³/mol. The Labute approximate surface area is 246 Å². The van der Waals surface area contributed by atoms with E-state index in [-0.39, 0.29) is 44.2 Å². The van der Waals surface area contributed by atoms with E-state index in [4.69, 9.17) is 23.3 Å². The summed E-state index contributed by atoms with van der Waals surface area (Å²) in [6, 6.07) is 13.1. The minimum atomic E-state index is -3.35. The summed E-state index contributed by atoms with van der Waals surface area (Å²) in [6.07, 6.45) is 3.74. The zero-order valence-electron chi connectivity index (χ0n) is 24.2. The summed E-state index contributed by atoms with van der Waals surface area (Å²) in [4.78, 5) is 29.3. The molecule has 0 saturated carbocycles. The maximum absolute atomic E-state index is 13.1. The van der Waals surface area contributed by atoms with Gasteiger partial charge in [0.15, 0.2) is 0 Å². The molecule has 1 aromatic heterocycles. The molecule has 2 heterocycles. The second-order valence-corrected chi connectivity index (χ2v) is 11.8. The summed E-state index contributed by atoms with van der Waals surface area (Å²) in [5.41, 5.74) is 3.97. The first-order valence-corrected chi connectivity index (χ1v) is 15.7. The average molecular weight is 600 g/mol. The smallest absolute Gasteiger partial charge is 0.407 e. The number of nitrogens with zero attached hydrogens (tertiary/aromatic N) is 2. The first kappa shape index (κ1) is 31.4. The number of amides is 1. The van der Waals surface area contributed by atoms with Crippen LogP contribution in [0.15, 0.2) is 55.0 Å². The highest BCUT2D eigenvalue weighted by molar-refractivity contribution is 7.52. The number of aromatic nitrogens is 2. The van der Waals surface area contributed by atoms with Crippen LogP contribution in [0.3, 0.4) is 0 Å². The molecule has 11 nitrogen and oxygen atoms in total. The Kier molecular flexibility index (Phi) is 11.3. The number of carbonyl (C=O) groups excluding carboxylic acids is 2. The van der Waals surface area contributed by atoms with Gasteiger partial charge in [0.2, 0.25) is 0 Å². The van der Waals surface area contributed by atoms with Gasteiger partial charge in [0.25, 0.3) is 0 Å². The molecule has 1 amide bonds. The summed E-state index contributed by atoms with van der Waals surface area (Å²) in [5, 5.41) is 2.75. The van der Waals surface area contributed by atoms with Crippen LogP contribution in [0.5, 0.6) is 5.75 Å². The van der Waals surface area contributed by atoms with Gasteiger partial charge in [-0.25, -0.2) is 9.78 Å². The highest BCUT2D eigenvalue weighted by Crippen LogP contribution is 2.50. The molecule has 2 aromatic carbocycles. The van der Waals surface area contributed by atoms with E-state index in [0.29, 0.717) is 37.6 Å². The summed E-state index contributed by atoms with van der Waals surface area (Å²) >= 11 is 0. The van der Waals surface area contributed by atoms with Crippen molar-refractivity contribution in [3.63, 3.8) is 0 Å². The lowest BCUT2D eigenvalue weighted by atomic mass is 9.99. The molecule has 1 saturated heterocycles. The third kappa shape index (κ3) is 8.75. The van der Waals surface area contributed by atoms with Crippen molar-refractivity contribution in [1.29, 1.82) is 0 Å². The average Bonchev–Trinajstić information content (AvgIpc) is 3.64. The summed E-state index contributed by atoms with van der Waals surface area (Å²) in [5.74, 6) is 0.601. The van der Waals surface area contributed by atoms with Crippen molar-refractivity contribution in [1.82, 2.24) is 14.9 Å². The van der Waals surface area contributed by atoms with Crippen molar-refractivity contribution in [2.24, 2.45) is 0 Å². The molecular formula is C30H38N3O8P. The predicted octanol–water partition coefficient (Wildman–Crippen LogP) is 5.15. The first-order valence-electron chi connectivity index (χ1n) is 14.0. The monoisotopic (exact) mass is 599 g/mol. The third-order valence-electron chi connectivity index (χ3n) is 6.62. The number of ether oxygens (including phenoxy) is 3. The fraction of sp³-hybridized carbons (Fsp3) is 0.433. The van der Waals surface area contributed by atoms with E-state index in [1.165, 1.54) is 0 Å². The third-order valence-corrected chi connectivity index (χ3v) is 8.58. The fourth-order valence-corrected chi connectivity index (χ4v) is 6.38. The van der Waals surface area contributed by atoms with Gasteiger partial charge in [-0.15, -0.1) is 0 Å². The molecule has 0 bridgehead atoms. The number of hydrogen-bond donors (Lipinski definition) is 1. The zero-order chi connectivity index (χ0) is 30.0. The minimum absolute atomic E-state index is 0.0126. The van der Waals surface area contributed by atoms with Crippen LogP contribution in [0.25, 0.3) is 11.3 Å². The van der Waals surface area contributed by atoms with Gasteiger partial charge in [-0.05, 0) is 42.7 Å². The number of rotatable bonds is 15. The lowest BCUT2D eigenvalue weighted by Gasteiger charge is -2.19. The molecule has 226 valence electrons. The summed E-state index contributed by atoms with van der Waals surface area (Å²) < 4.78 is 41.9. The molecule has 0 unspecified atom stereocenters. The summed E-state index contributed by atoms with van der Waals surface area (Å²) in [7, 11) is -1.79. The van der Waals surface area contributed by atoms with E-state index in [9.17, 15) is 14.2 Å². The van der Waals surface area contributed by atoms with Crippen LogP contribution in [0.2, 0.25) is 0 Å². The molecule has 1 fully saturated rings. The molecule has 1 N–H and O–H groups in total. The van der Waals surface area contributed by atoms with Crippen LogP contribution >= 0.6 is 7.60 Å². The van der Waals surface area contributed by atoms with Crippen molar-refractivity contribution in [3.05, 3.63) is 71.7 Å². The van der Waals surface area contributed by atoms with Gasteiger partial charge >= 0.3 is 13.7 Å². The van der Waals surface area contributed by atoms with Crippen molar-refractivity contribution < 1.29 is 37.4 Å². The van der Waals surface area contributed by atoms with E-state index < -0.39 is 13.7 Å². The molecule has 1 aliphatic rings. The van der Waals surface area contributed by atoms with E-state index in [1.54, 1.807) is 38.0 Å². The molecule has 42 heavy (non-hydrogen) atoms. The molecule has 0 aliphatic carbocycles.